The fraction of sp³-hybridized carbons (Fsp3) is 0.125. The summed E-state index contributed by atoms with van der Waals surface area (Å²) in [6.45, 7) is 6.07. The van der Waals surface area contributed by atoms with E-state index in [1.54, 1.807) is 42.1 Å². The molecule has 0 atom stereocenters. The Hall–Kier alpha value is -3.76. The van der Waals surface area contributed by atoms with Crippen LogP contribution in [0, 0.1) is 10.1 Å². The van der Waals surface area contributed by atoms with Gasteiger partial charge in [-0.25, -0.2) is 4.68 Å². The summed E-state index contributed by atoms with van der Waals surface area (Å²) in [6.07, 6.45) is 5.12. The SMILES string of the molecule is C=CCN1C(=O)/C(=C/c2cn(-c3ccccc3)nc2-c2ccc(OCC)c([N+](=O)[O-])c2)SC1=S. The lowest BCUT2D eigenvalue weighted by atomic mass is 10.1. The molecule has 0 bridgehead atoms. The van der Waals surface area contributed by atoms with Gasteiger partial charge in [0, 0.05) is 29.9 Å². The van der Waals surface area contributed by atoms with Crippen LogP contribution in [-0.4, -0.2) is 43.0 Å². The molecule has 2 aromatic carbocycles. The van der Waals surface area contributed by atoms with Crippen molar-refractivity contribution in [3.63, 3.8) is 0 Å². The molecule has 8 nitrogen and oxygen atoms in total. The van der Waals surface area contributed by atoms with Gasteiger partial charge in [-0.15, -0.1) is 6.58 Å². The fourth-order valence-corrected chi connectivity index (χ4v) is 4.71. The molecule has 0 unspecified atom stereocenters. The van der Waals surface area contributed by atoms with Crippen LogP contribution in [0.5, 0.6) is 5.75 Å². The van der Waals surface area contributed by atoms with E-state index in [9.17, 15) is 14.9 Å². The molecule has 0 radical (unpaired) electrons. The molecule has 1 aromatic heterocycles. The zero-order chi connectivity index (χ0) is 24.2. The van der Waals surface area contributed by atoms with Crippen LogP contribution >= 0.6 is 24.0 Å². The number of nitro benzene ring substituents is 1. The van der Waals surface area contributed by atoms with Crippen molar-refractivity contribution < 1.29 is 14.5 Å². The van der Waals surface area contributed by atoms with E-state index in [-0.39, 0.29) is 17.3 Å². The van der Waals surface area contributed by atoms with Crippen LogP contribution in [0.4, 0.5) is 5.69 Å². The number of rotatable bonds is 8. The van der Waals surface area contributed by atoms with Crippen LogP contribution in [0.2, 0.25) is 0 Å². The summed E-state index contributed by atoms with van der Waals surface area (Å²) < 4.78 is 7.53. The highest BCUT2D eigenvalue weighted by Crippen LogP contribution is 2.37. The van der Waals surface area contributed by atoms with Crippen LogP contribution < -0.4 is 4.74 Å². The number of carbonyl (C=O) groups is 1. The third-order valence-corrected chi connectivity index (χ3v) is 6.34. The third kappa shape index (κ3) is 4.63. The number of hydrogen-bond acceptors (Lipinski definition) is 7. The molecule has 0 saturated carbocycles. The number of nitro groups is 1. The Kier molecular flexibility index (Phi) is 6.90. The van der Waals surface area contributed by atoms with Gasteiger partial charge >= 0.3 is 5.69 Å². The second-order valence-corrected chi connectivity index (χ2v) is 8.84. The maximum Gasteiger partial charge on any atom is 0.311 e. The molecule has 0 N–H and O–H groups in total. The minimum absolute atomic E-state index is 0.156. The summed E-state index contributed by atoms with van der Waals surface area (Å²) in [5.41, 5.74) is 2.29. The zero-order valence-electron chi connectivity index (χ0n) is 18.2. The van der Waals surface area contributed by atoms with Crippen LogP contribution in [-0.2, 0) is 4.79 Å². The summed E-state index contributed by atoms with van der Waals surface area (Å²) in [7, 11) is 0. The van der Waals surface area contributed by atoms with E-state index in [1.807, 2.05) is 30.3 Å². The quantitative estimate of drug-likeness (QED) is 0.140. The van der Waals surface area contributed by atoms with Gasteiger partial charge in [-0.2, -0.15) is 5.10 Å². The van der Waals surface area contributed by atoms with E-state index in [1.165, 1.54) is 22.7 Å². The van der Waals surface area contributed by atoms with Crippen LogP contribution in [0.1, 0.15) is 12.5 Å². The molecule has 34 heavy (non-hydrogen) atoms. The summed E-state index contributed by atoms with van der Waals surface area (Å²) in [6, 6.07) is 14.2. The van der Waals surface area contributed by atoms with E-state index >= 15 is 0 Å². The van der Waals surface area contributed by atoms with Gasteiger partial charge < -0.3 is 4.74 Å². The number of amides is 1. The Balaban J connectivity index is 1.85. The van der Waals surface area contributed by atoms with Crippen molar-refractivity contribution in [2.45, 2.75) is 6.92 Å². The first-order valence-corrected chi connectivity index (χ1v) is 11.6. The average Bonchev–Trinajstić information content (AvgIpc) is 3.37. The van der Waals surface area contributed by atoms with Gasteiger partial charge in [0.05, 0.1) is 22.1 Å². The molecule has 4 rings (SSSR count). The van der Waals surface area contributed by atoms with Crippen LogP contribution in [0.25, 0.3) is 23.0 Å². The maximum absolute atomic E-state index is 12.9. The normalized spacial score (nSPS) is 14.6. The molecule has 0 aliphatic carbocycles. The van der Waals surface area contributed by atoms with Gasteiger partial charge in [0.2, 0.25) is 0 Å². The lowest BCUT2D eigenvalue weighted by Gasteiger charge is -2.10. The van der Waals surface area contributed by atoms with Crippen molar-refractivity contribution in [2.75, 3.05) is 13.2 Å². The molecule has 0 spiro atoms. The first-order chi connectivity index (χ1) is 16.4. The monoisotopic (exact) mass is 492 g/mol. The van der Waals surface area contributed by atoms with Gasteiger partial charge in [-0.05, 0) is 37.3 Å². The summed E-state index contributed by atoms with van der Waals surface area (Å²) >= 11 is 6.54. The number of para-hydroxylation sites is 1. The highest BCUT2D eigenvalue weighted by Gasteiger charge is 2.31. The van der Waals surface area contributed by atoms with E-state index in [0.717, 1.165) is 5.69 Å². The number of aromatic nitrogens is 2. The van der Waals surface area contributed by atoms with Gasteiger partial charge in [-0.3, -0.25) is 19.8 Å². The van der Waals surface area contributed by atoms with Crippen molar-refractivity contribution >= 4 is 46.0 Å². The molecule has 3 aromatic rings. The molecule has 2 heterocycles. The number of nitrogens with zero attached hydrogens (tertiary/aromatic N) is 4. The number of ether oxygens (including phenoxy) is 1. The first-order valence-electron chi connectivity index (χ1n) is 10.4. The highest BCUT2D eigenvalue weighted by atomic mass is 32.2. The van der Waals surface area contributed by atoms with E-state index < -0.39 is 4.92 Å². The topological polar surface area (TPSA) is 90.5 Å². The van der Waals surface area contributed by atoms with Crippen LogP contribution in [0.3, 0.4) is 0 Å². The fourth-order valence-electron chi connectivity index (χ4n) is 3.44. The molecule has 1 aliphatic rings. The second-order valence-electron chi connectivity index (χ2n) is 7.17. The van der Waals surface area contributed by atoms with Crippen molar-refractivity contribution in [3.05, 3.63) is 88.0 Å². The van der Waals surface area contributed by atoms with Crippen LogP contribution in [0.15, 0.2) is 72.3 Å². The minimum atomic E-state index is -0.483. The molecule has 1 saturated heterocycles. The molecule has 10 heteroatoms. The van der Waals surface area contributed by atoms with Gasteiger partial charge in [0.15, 0.2) is 5.75 Å². The minimum Gasteiger partial charge on any atom is -0.487 e. The Bertz CT molecular complexity index is 1320. The summed E-state index contributed by atoms with van der Waals surface area (Å²) in [5.74, 6) is -0.0310. The van der Waals surface area contributed by atoms with E-state index in [2.05, 4.69) is 6.58 Å². The van der Waals surface area contributed by atoms with Gasteiger partial charge in [0.25, 0.3) is 5.91 Å². The van der Waals surface area contributed by atoms with E-state index in [0.29, 0.717) is 39.2 Å². The highest BCUT2D eigenvalue weighted by molar-refractivity contribution is 8.26. The molecular formula is C24H20N4O4S2. The average molecular weight is 493 g/mol. The zero-order valence-corrected chi connectivity index (χ0v) is 19.8. The first kappa shape index (κ1) is 23.4. The van der Waals surface area contributed by atoms with Gasteiger partial charge in [-0.1, -0.05) is 48.3 Å². The number of hydrogen-bond donors (Lipinski definition) is 0. The molecule has 1 fully saturated rings. The standard InChI is InChI=1S/C24H20N4O4S2/c1-3-12-26-23(29)21(34-24(26)33)14-17-15-27(18-8-6-5-7-9-18)25-22(17)16-10-11-20(32-4-2)19(13-16)28(30)31/h3,5-11,13-15H,1,4,12H2,2H3/b21-14-. The number of thioether (sulfide) groups is 1. The largest absolute Gasteiger partial charge is 0.487 e. The Morgan fingerprint density at radius 1 is 1.26 bits per heavy atom. The van der Waals surface area contributed by atoms with Crippen molar-refractivity contribution in [1.82, 2.24) is 14.7 Å². The number of thiocarbonyl (C=S) groups is 1. The molecule has 1 amide bonds. The van der Waals surface area contributed by atoms with Crippen molar-refractivity contribution in [1.29, 1.82) is 0 Å². The Morgan fingerprint density at radius 2 is 2.03 bits per heavy atom. The smallest absolute Gasteiger partial charge is 0.311 e. The van der Waals surface area contributed by atoms with Crippen molar-refractivity contribution in [3.8, 4) is 22.7 Å². The summed E-state index contributed by atoms with van der Waals surface area (Å²) in [5, 5.41) is 16.4. The number of benzene rings is 2. The van der Waals surface area contributed by atoms with E-state index in [4.69, 9.17) is 22.1 Å². The van der Waals surface area contributed by atoms with Crippen molar-refractivity contribution in [2.24, 2.45) is 0 Å². The number of carbonyl (C=O) groups excluding carboxylic acids is 1. The maximum atomic E-state index is 12.9. The predicted molar refractivity (Wildman–Crippen MR) is 137 cm³/mol. The molecular weight excluding hydrogens is 472 g/mol. The lowest BCUT2D eigenvalue weighted by molar-refractivity contribution is -0.385. The second kappa shape index (κ2) is 10.0. The molecule has 172 valence electrons. The van der Waals surface area contributed by atoms with Gasteiger partial charge in [0.1, 0.15) is 10.0 Å². The Labute approximate surface area is 205 Å². The lowest BCUT2D eigenvalue weighted by Crippen LogP contribution is -2.27. The third-order valence-electron chi connectivity index (χ3n) is 4.96. The summed E-state index contributed by atoms with van der Waals surface area (Å²) in [4.78, 5) is 26.0. The Morgan fingerprint density at radius 3 is 2.71 bits per heavy atom. The predicted octanol–water partition coefficient (Wildman–Crippen LogP) is 5.23. The molecule has 1 aliphatic heterocycles.